The molecule has 0 aromatic carbocycles. The molecule has 0 unspecified atom stereocenters. The van der Waals surface area contributed by atoms with Gasteiger partial charge in [-0.15, -0.1) is 0 Å². The number of fused-ring (bicyclic) bond motifs is 6. The fraction of sp³-hybridized carbons (Fsp3) is 0.806. The van der Waals surface area contributed by atoms with Gasteiger partial charge in [-0.05, 0) is 127 Å². The van der Waals surface area contributed by atoms with Crippen molar-refractivity contribution in [3.05, 3.63) is 36.0 Å². The van der Waals surface area contributed by atoms with Gasteiger partial charge in [-0.3, -0.25) is 0 Å². The monoisotopic (exact) mass is 597 g/mol. The van der Waals surface area contributed by atoms with Gasteiger partial charge in [-0.1, -0.05) is 37.7 Å². The predicted octanol–water partition coefficient (Wildman–Crippen LogP) is 7.25. The summed E-state index contributed by atoms with van der Waals surface area (Å²) < 4.78 is 26.3. The lowest BCUT2D eigenvalue weighted by molar-refractivity contribution is -0.177. The van der Waals surface area contributed by atoms with Crippen LogP contribution in [-0.4, -0.2) is 58.5 Å². The van der Waals surface area contributed by atoms with E-state index >= 15 is 0 Å². The Morgan fingerprint density at radius 2 is 1.77 bits per heavy atom. The molecule has 240 valence electrons. The van der Waals surface area contributed by atoms with E-state index in [9.17, 15) is 5.11 Å². The van der Waals surface area contributed by atoms with Gasteiger partial charge in [-0.2, -0.15) is 0 Å². The Hall–Kier alpha value is -1.51. The maximum Gasteiger partial charge on any atom is 0.164 e. The summed E-state index contributed by atoms with van der Waals surface area (Å²) in [5, 5.41) is 15.3. The smallest absolute Gasteiger partial charge is 0.164 e. The van der Waals surface area contributed by atoms with Gasteiger partial charge in [0.05, 0.1) is 35.2 Å². The van der Waals surface area contributed by atoms with Crippen molar-refractivity contribution in [2.24, 2.45) is 33.7 Å². The van der Waals surface area contributed by atoms with Crippen molar-refractivity contribution in [2.45, 2.75) is 148 Å². The zero-order valence-corrected chi connectivity index (χ0v) is 28.0. The molecule has 2 heterocycles. The second kappa shape index (κ2) is 10.2. The van der Waals surface area contributed by atoms with Crippen LogP contribution in [0.4, 0.5) is 0 Å². The highest BCUT2D eigenvalue weighted by Crippen LogP contribution is 2.67. The van der Waals surface area contributed by atoms with E-state index < -0.39 is 22.8 Å². The Morgan fingerprint density at radius 1 is 1.05 bits per heavy atom. The van der Waals surface area contributed by atoms with E-state index in [2.05, 4.69) is 39.5 Å². The van der Waals surface area contributed by atoms with E-state index in [1.165, 1.54) is 11.1 Å². The summed E-state index contributed by atoms with van der Waals surface area (Å²) in [5.41, 5.74) is 2.60. The molecular weight excluding hydrogens is 542 g/mol. The summed E-state index contributed by atoms with van der Waals surface area (Å²) in [6.45, 7) is 23.3. The summed E-state index contributed by atoms with van der Waals surface area (Å²) in [6.07, 6.45) is 13.1. The van der Waals surface area contributed by atoms with Gasteiger partial charge in [0.2, 0.25) is 0 Å². The molecule has 0 aromatic rings. The van der Waals surface area contributed by atoms with Crippen LogP contribution in [0.5, 0.6) is 0 Å². The fourth-order valence-corrected chi connectivity index (χ4v) is 10.1. The van der Waals surface area contributed by atoms with E-state index in [-0.39, 0.29) is 41.0 Å². The minimum atomic E-state index is -0.747. The molecule has 1 N–H and O–H groups in total. The van der Waals surface area contributed by atoms with Gasteiger partial charge in [0.15, 0.2) is 11.6 Å². The van der Waals surface area contributed by atoms with Crippen LogP contribution in [0.3, 0.4) is 0 Å². The number of ether oxygens (including phenoxy) is 4. The zero-order valence-electron chi connectivity index (χ0n) is 28.0. The molecule has 9 atom stereocenters. The van der Waals surface area contributed by atoms with Crippen molar-refractivity contribution in [3.8, 4) is 0 Å². The number of nitrogens with zero attached hydrogens (tertiary/aromatic N) is 1. The van der Waals surface area contributed by atoms with Crippen LogP contribution >= 0.6 is 0 Å². The average Bonchev–Trinajstić information content (AvgIpc) is 3.47. The Balaban J connectivity index is 1.35. The van der Waals surface area contributed by atoms with Crippen molar-refractivity contribution >= 4 is 5.71 Å². The third-order valence-electron chi connectivity index (χ3n) is 11.8. The number of allylic oxidation sites excluding steroid dienone is 4. The van der Waals surface area contributed by atoms with Crippen LogP contribution in [-0.2, 0) is 23.8 Å². The highest BCUT2D eigenvalue weighted by atomic mass is 16.8. The normalized spacial score (nSPS) is 45.5. The molecule has 7 heteroatoms. The molecule has 4 aliphatic carbocycles. The maximum atomic E-state index is 10.6. The van der Waals surface area contributed by atoms with Crippen molar-refractivity contribution in [3.63, 3.8) is 0 Å². The number of hydrogen-bond acceptors (Lipinski definition) is 7. The number of hydrogen-bond donors (Lipinski definition) is 1. The number of rotatable bonds is 7. The number of aliphatic hydroxyl groups is 1. The maximum absolute atomic E-state index is 10.6. The fourth-order valence-electron chi connectivity index (χ4n) is 10.1. The lowest BCUT2D eigenvalue weighted by atomic mass is 9.47. The van der Waals surface area contributed by atoms with Crippen LogP contribution < -0.4 is 0 Å². The first-order valence-corrected chi connectivity index (χ1v) is 16.6. The van der Waals surface area contributed by atoms with Crippen LogP contribution in [0.1, 0.15) is 107 Å². The van der Waals surface area contributed by atoms with E-state index in [1.54, 1.807) is 6.08 Å². The molecule has 0 spiro atoms. The van der Waals surface area contributed by atoms with Crippen LogP contribution in [0.2, 0.25) is 0 Å². The van der Waals surface area contributed by atoms with Gasteiger partial charge in [0.25, 0.3) is 0 Å². The zero-order chi connectivity index (χ0) is 31.2. The topological polar surface area (TPSA) is 78.7 Å². The van der Waals surface area contributed by atoms with Gasteiger partial charge in [0.1, 0.15) is 6.61 Å². The van der Waals surface area contributed by atoms with E-state index in [0.29, 0.717) is 18.9 Å². The van der Waals surface area contributed by atoms with E-state index in [1.807, 2.05) is 41.5 Å². The molecule has 0 aromatic heterocycles. The molecule has 43 heavy (non-hydrogen) atoms. The molecule has 6 rings (SSSR count). The molecule has 0 amide bonds. The van der Waals surface area contributed by atoms with Gasteiger partial charge in [-0.25, -0.2) is 0 Å². The van der Waals surface area contributed by atoms with Crippen LogP contribution in [0.25, 0.3) is 0 Å². The summed E-state index contributed by atoms with van der Waals surface area (Å²) in [5.74, 6) is -0.317. The number of oxime groups is 1. The lowest BCUT2D eigenvalue weighted by Gasteiger charge is -2.57. The first-order valence-electron chi connectivity index (χ1n) is 16.6. The molecule has 6 aliphatic rings. The summed E-state index contributed by atoms with van der Waals surface area (Å²) in [6, 6.07) is 0. The second-order valence-electron chi connectivity index (χ2n) is 16.5. The van der Waals surface area contributed by atoms with Crippen LogP contribution in [0.15, 0.2) is 41.1 Å². The van der Waals surface area contributed by atoms with Gasteiger partial charge < -0.3 is 28.9 Å². The molecule has 4 fully saturated rings. The minimum Gasteiger partial charge on any atom is -0.391 e. The Morgan fingerprint density at radius 3 is 2.47 bits per heavy atom. The lowest BCUT2D eigenvalue weighted by Crippen LogP contribution is -2.56. The van der Waals surface area contributed by atoms with Crippen molar-refractivity contribution in [1.29, 1.82) is 0 Å². The SMILES string of the molecule is C=CCO/N=C1/C=C2C3=CC[C@H]([C@@]4(C)OC(C)(C)O[C@@H]4CCC(C)(C)O)[C@@]3(C)CC[C@@H]2[C@@]2(C)C[C@@H]3OC(C)(C)O[C@@H]3C[C@@H]12. The largest absolute Gasteiger partial charge is 0.391 e. The first-order chi connectivity index (χ1) is 19.9. The molecule has 0 radical (unpaired) electrons. The van der Waals surface area contributed by atoms with E-state index in [0.717, 1.165) is 44.2 Å². The Labute approximate surface area is 259 Å². The Bertz CT molecular complexity index is 1230. The second-order valence-corrected chi connectivity index (χ2v) is 16.5. The first kappa shape index (κ1) is 31.5. The molecular formula is C36H55NO6. The summed E-state index contributed by atoms with van der Waals surface area (Å²) >= 11 is 0. The quantitative estimate of drug-likeness (QED) is 0.189. The highest BCUT2D eigenvalue weighted by Gasteiger charge is 2.65. The van der Waals surface area contributed by atoms with Crippen LogP contribution in [0, 0.1) is 28.6 Å². The summed E-state index contributed by atoms with van der Waals surface area (Å²) in [4.78, 5) is 5.77. The van der Waals surface area contributed by atoms with E-state index in [4.69, 9.17) is 28.9 Å². The van der Waals surface area contributed by atoms with Crippen molar-refractivity contribution in [2.75, 3.05) is 6.61 Å². The van der Waals surface area contributed by atoms with Crippen molar-refractivity contribution in [1.82, 2.24) is 0 Å². The molecule has 2 saturated carbocycles. The predicted molar refractivity (Wildman–Crippen MR) is 167 cm³/mol. The third-order valence-corrected chi connectivity index (χ3v) is 11.8. The molecule has 0 bridgehead atoms. The average molecular weight is 598 g/mol. The highest BCUT2D eigenvalue weighted by molar-refractivity contribution is 5.99. The molecule has 2 aliphatic heterocycles. The third kappa shape index (κ3) is 5.29. The molecule has 2 saturated heterocycles. The molecule has 7 nitrogen and oxygen atoms in total. The van der Waals surface area contributed by atoms with Crippen molar-refractivity contribution < 1.29 is 28.9 Å². The van der Waals surface area contributed by atoms with Gasteiger partial charge >= 0.3 is 0 Å². The standard InChI is InChI=1S/C36H55NO6/c1-11-18-39-37-26-19-22-23-12-13-29(36(10)30(15-16-31(2,3)38)42-33(6,7)43-36)34(23,8)17-14-24(22)35(9)21-28-27(20-25(26)35)40-32(4,5)41-28/h11-12,19,24-25,27-30,38H,1,13-18,20-21H2,2-10H3/b37-26-/t24-,25-,27+,28-,29-,30+,34-,35+,36+/m0/s1. The Kier molecular flexibility index (Phi) is 7.50. The van der Waals surface area contributed by atoms with Gasteiger partial charge in [0, 0.05) is 11.8 Å². The summed E-state index contributed by atoms with van der Waals surface area (Å²) in [7, 11) is 0. The minimum absolute atomic E-state index is 0.0141.